The van der Waals surface area contributed by atoms with Crippen LogP contribution in [0.1, 0.15) is 84.5 Å². The summed E-state index contributed by atoms with van der Waals surface area (Å²) in [6.07, 6.45) is 8.06. The number of thiophene rings is 1. The van der Waals surface area contributed by atoms with Gasteiger partial charge in [-0.25, -0.2) is 0 Å². The van der Waals surface area contributed by atoms with Crippen LogP contribution in [0.15, 0.2) is 36.4 Å². The van der Waals surface area contributed by atoms with Gasteiger partial charge in [0.15, 0.2) is 5.78 Å². The van der Waals surface area contributed by atoms with E-state index in [1.54, 1.807) is 11.3 Å². The van der Waals surface area contributed by atoms with E-state index in [1.807, 2.05) is 6.07 Å². The number of Topliss-reactive ketones (excluding diaryl/α,β-unsaturated/α-hetero) is 1. The molecule has 30 heavy (non-hydrogen) atoms. The number of benzene rings is 1. The van der Waals surface area contributed by atoms with E-state index in [-0.39, 0.29) is 12.4 Å². The standard InChI is InChI=1S/C25H32ClNOS.ClH/c1-17(24-8-9-25(26)29-24)14-19-2-3-22(15-19)20-4-6-21(7-5-20)23(28)16-18-10-12-27-13-11-18;/h4-9,17-19,22,27H,2-3,10-16H2,1H3;1H/t17-,19?,22-;/m0./s1. The molecule has 1 aromatic heterocycles. The van der Waals surface area contributed by atoms with Crippen LogP contribution in [0, 0.1) is 11.8 Å². The highest BCUT2D eigenvalue weighted by Crippen LogP contribution is 2.43. The van der Waals surface area contributed by atoms with E-state index in [4.69, 9.17) is 11.6 Å². The van der Waals surface area contributed by atoms with E-state index >= 15 is 0 Å². The van der Waals surface area contributed by atoms with Crippen LogP contribution in [0.2, 0.25) is 4.34 Å². The fourth-order valence-corrected chi connectivity index (χ4v) is 6.33. The first-order valence-electron chi connectivity index (χ1n) is 11.2. The zero-order valence-electron chi connectivity index (χ0n) is 17.7. The molecule has 5 heteroatoms. The molecular formula is C25H33Cl2NOS. The molecule has 1 saturated heterocycles. The Hall–Kier alpha value is -0.870. The van der Waals surface area contributed by atoms with Crippen molar-refractivity contribution >= 4 is 41.1 Å². The molecule has 0 bridgehead atoms. The number of carbonyl (C=O) groups excluding carboxylic acids is 1. The van der Waals surface area contributed by atoms with Gasteiger partial charge in [-0.15, -0.1) is 23.7 Å². The summed E-state index contributed by atoms with van der Waals surface area (Å²) in [7, 11) is 0. The van der Waals surface area contributed by atoms with E-state index in [0.29, 0.717) is 30.0 Å². The van der Waals surface area contributed by atoms with Crippen LogP contribution < -0.4 is 5.32 Å². The number of carbonyl (C=O) groups is 1. The number of hydrogen-bond acceptors (Lipinski definition) is 3. The van der Waals surface area contributed by atoms with Gasteiger partial charge in [0.25, 0.3) is 0 Å². The van der Waals surface area contributed by atoms with Crippen LogP contribution in [0.3, 0.4) is 0 Å². The Labute approximate surface area is 196 Å². The highest BCUT2D eigenvalue weighted by molar-refractivity contribution is 7.16. The summed E-state index contributed by atoms with van der Waals surface area (Å²) in [5.41, 5.74) is 2.31. The maximum Gasteiger partial charge on any atom is 0.163 e. The maximum absolute atomic E-state index is 12.6. The molecule has 3 atom stereocenters. The van der Waals surface area contributed by atoms with Gasteiger partial charge in [0.05, 0.1) is 4.34 Å². The summed E-state index contributed by atoms with van der Waals surface area (Å²) in [5.74, 6) is 2.89. The van der Waals surface area contributed by atoms with Gasteiger partial charge in [-0.1, -0.05) is 42.8 Å². The van der Waals surface area contributed by atoms with Crippen LogP contribution >= 0.6 is 35.3 Å². The predicted molar refractivity (Wildman–Crippen MR) is 131 cm³/mol. The highest BCUT2D eigenvalue weighted by Gasteiger charge is 2.28. The maximum atomic E-state index is 12.6. The monoisotopic (exact) mass is 465 g/mol. The molecule has 0 amide bonds. The Bertz CT molecular complexity index is 813. The predicted octanol–water partition coefficient (Wildman–Crippen LogP) is 7.47. The van der Waals surface area contributed by atoms with Crippen molar-refractivity contribution in [1.82, 2.24) is 5.32 Å². The third kappa shape index (κ3) is 6.09. The first-order chi connectivity index (χ1) is 14.1. The summed E-state index contributed by atoms with van der Waals surface area (Å²) in [4.78, 5) is 14.0. The molecule has 4 rings (SSSR count). The number of rotatable bonds is 7. The Morgan fingerprint density at radius 2 is 1.80 bits per heavy atom. The lowest BCUT2D eigenvalue weighted by Gasteiger charge is -2.21. The molecule has 0 radical (unpaired) electrons. The lowest BCUT2D eigenvalue weighted by atomic mass is 9.89. The Morgan fingerprint density at radius 1 is 1.07 bits per heavy atom. The lowest BCUT2D eigenvalue weighted by Crippen LogP contribution is -2.28. The average Bonchev–Trinajstić information content (AvgIpc) is 3.38. The van der Waals surface area contributed by atoms with Crippen LogP contribution in [-0.4, -0.2) is 18.9 Å². The molecule has 2 fully saturated rings. The zero-order valence-corrected chi connectivity index (χ0v) is 20.1. The first kappa shape index (κ1) is 23.8. The molecule has 1 aromatic carbocycles. The van der Waals surface area contributed by atoms with Gasteiger partial charge in [0.1, 0.15) is 0 Å². The fourth-order valence-electron chi connectivity index (χ4n) is 5.21. The van der Waals surface area contributed by atoms with Crippen LogP contribution in [0.5, 0.6) is 0 Å². The number of halogens is 2. The van der Waals surface area contributed by atoms with Crippen molar-refractivity contribution in [2.75, 3.05) is 13.1 Å². The van der Waals surface area contributed by atoms with Gasteiger partial charge in [0, 0.05) is 16.9 Å². The largest absolute Gasteiger partial charge is 0.317 e. The molecule has 164 valence electrons. The molecule has 2 aliphatic rings. The molecule has 2 aromatic rings. The number of hydrogen-bond donors (Lipinski definition) is 1. The zero-order chi connectivity index (χ0) is 20.2. The third-order valence-electron chi connectivity index (χ3n) is 6.94. The van der Waals surface area contributed by atoms with Gasteiger partial charge in [-0.3, -0.25) is 4.79 Å². The minimum atomic E-state index is 0. The topological polar surface area (TPSA) is 29.1 Å². The second-order valence-electron chi connectivity index (χ2n) is 9.10. The molecule has 1 saturated carbocycles. The van der Waals surface area contributed by atoms with Crippen molar-refractivity contribution in [2.45, 2.75) is 63.7 Å². The van der Waals surface area contributed by atoms with Crippen molar-refractivity contribution in [2.24, 2.45) is 11.8 Å². The molecule has 2 nitrogen and oxygen atoms in total. The summed E-state index contributed by atoms with van der Waals surface area (Å²) in [6, 6.07) is 12.8. The second-order valence-corrected chi connectivity index (χ2v) is 10.8. The third-order valence-corrected chi connectivity index (χ3v) is 8.41. The van der Waals surface area contributed by atoms with Crippen molar-refractivity contribution in [3.05, 3.63) is 56.7 Å². The summed E-state index contributed by atoms with van der Waals surface area (Å²) >= 11 is 7.83. The molecule has 0 spiro atoms. The van der Waals surface area contributed by atoms with Crippen LogP contribution in [0.4, 0.5) is 0 Å². The van der Waals surface area contributed by atoms with Gasteiger partial charge in [-0.05, 0) is 93.0 Å². The highest BCUT2D eigenvalue weighted by atomic mass is 35.5. The lowest BCUT2D eigenvalue weighted by molar-refractivity contribution is 0.0952. The first-order valence-corrected chi connectivity index (χ1v) is 12.4. The summed E-state index contributed by atoms with van der Waals surface area (Å²) in [6.45, 7) is 4.44. The molecule has 2 heterocycles. The van der Waals surface area contributed by atoms with E-state index in [0.717, 1.165) is 41.7 Å². The SMILES string of the molecule is C[C@@H](CC1CC[C@H](c2ccc(C(=O)CC3CCNCC3)cc2)C1)c1ccc(Cl)s1.Cl. The van der Waals surface area contributed by atoms with Crippen molar-refractivity contribution < 1.29 is 4.79 Å². The molecule has 1 unspecified atom stereocenters. The summed E-state index contributed by atoms with van der Waals surface area (Å²) < 4.78 is 0.894. The Balaban J connectivity index is 0.00000256. The van der Waals surface area contributed by atoms with E-state index < -0.39 is 0 Å². The average molecular weight is 467 g/mol. The van der Waals surface area contributed by atoms with Crippen molar-refractivity contribution in [1.29, 1.82) is 0 Å². The Morgan fingerprint density at radius 3 is 2.47 bits per heavy atom. The van der Waals surface area contributed by atoms with Crippen LogP contribution in [-0.2, 0) is 0 Å². The normalized spacial score (nSPS) is 23.1. The van der Waals surface area contributed by atoms with Gasteiger partial charge in [-0.2, -0.15) is 0 Å². The van der Waals surface area contributed by atoms with Crippen molar-refractivity contribution in [3.63, 3.8) is 0 Å². The minimum Gasteiger partial charge on any atom is -0.317 e. The molecule has 1 N–H and O–H groups in total. The fraction of sp³-hybridized carbons (Fsp3) is 0.560. The molecular weight excluding hydrogens is 433 g/mol. The number of piperidine rings is 1. The van der Waals surface area contributed by atoms with Crippen LogP contribution in [0.25, 0.3) is 0 Å². The number of ketones is 1. The smallest absolute Gasteiger partial charge is 0.163 e. The number of nitrogens with one attached hydrogen (secondary N) is 1. The molecule has 1 aliphatic heterocycles. The summed E-state index contributed by atoms with van der Waals surface area (Å²) in [5, 5.41) is 3.38. The second kappa shape index (κ2) is 11.1. The van der Waals surface area contributed by atoms with Gasteiger partial charge >= 0.3 is 0 Å². The van der Waals surface area contributed by atoms with E-state index in [9.17, 15) is 4.79 Å². The van der Waals surface area contributed by atoms with Gasteiger partial charge < -0.3 is 5.32 Å². The van der Waals surface area contributed by atoms with Crippen molar-refractivity contribution in [3.8, 4) is 0 Å². The molecule has 1 aliphatic carbocycles. The van der Waals surface area contributed by atoms with Gasteiger partial charge in [0.2, 0.25) is 0 Å². The quantitative estimate of drug-likeness (QED) is 0.429. The van der Waals surface area contributed by atoms with E-state index in [2.05, 4.69) is 42.6 Å². The van der Waals surface area contributed by atoms with E-state index in [1.165, 1.54) is 36.1 Å². The minimum absolute atomic E-state index is 0. The Kier molecular flexibility index (Phi) is 8.82.